The summed E-state index contributed by atoms with van der Waals surface area (Å²) in [6.45, 7) is 9.40. The van der Waals surface area contributed by atoms with Crippen LogP contribution < -0.4 is 9.80 Å². The summed E-state index contributed by atoms with van der Waals surface area (Å²) < 4.78 is 5.22. The van der Waals surface area contributed by atoms with E-state index in [1.807, 2.05) is 0 Å². The van der Waals surface area contributed by atoms with Crippen molar-refractivity contribution >= 4 is 152 Å². The molecule has 0 saturated carbocycles. The molecule has 60 heavy (non-hydrogen) atoms. The molecule has 0 amide bonds. The van der Waals surface area contributed by atoms with Crippen molar-refractivity contribution in [2.75, 3.05) is 9.80 Å². The number of thiophene rings is 4. The summed E-state index contributed by atoms with van der Waals surface area (Å²) in [6.07, 6.45) is 0. The fraction of sp³-hybridized carbons (Fsp3) is 0.111. The van der Waals surface area contributed by atoms with Crippen LogP contribution >= 0.6 is 45.3 Å². The first-order valence-electron chi connectivity index (χ1n) is 20.7. The van der Waals surface area contributed by atoms with Crippen LogP contribution in [0, 0.1) is 0 Å². The van der Waals surface area contributed by atoms with Gasteiger partial charge in [-0.3, -0.25) is 0 Å². The lowest BCUT2D eigenvalue weighted by molar-refractivity contribution is 0.875. The molecule has 0 aliphatic carbocycles. The minimum absolute atomic E-state index is 0.309. The molecule has 12 aromatic rings. The summed E-state index contributed by atoms with van der Waals surface area (Å²) in [6, 6.07) is 51.6. The molecule has 8 aromatic carbocycles. The van der Waals surface area contributed by atoms with Crippen LogP contribution in [-0.4, -0.2) is 0 Å². The molecule has 290 valence electrons. The molecular weight excluding hydrogens is 805 g/mol. The highest BCUT2D eigenvalue weighted by molar-refractivity contribution is 7.18. The van der Waals surface area contributed by atoms with Gasteiger partial charge in [-0.2, -0.15) is 0 Å². The van der Waals surface area contributed by atoms with Gasteiger partial charge in [0.05, 0.1) is 11.4 Å². The standard InChI is InChI=1S/C54H40N2S4/c1-31(2)45-29-47(55(37-5-13-49-33(25-37)17-21-57-49)38-6-14-50-34(26-38)18-22-58-50)43-12-10-42-46(32(3)4)30-48(44-11-9-41(45)53(43)54(42)44)56(39-7-15-51-35(27-39)19-23-59-51)40-8-16-52-36(28-40)20-24-60-52/h5-32H,1-4H3. The van der Waals surface area contributed by atoms with Crippen LogP contribution in [-0.2, 0) is 0 Å². The molecule has 0 aliphatic rings. The second-order valence-electron chi connectivity index (χ2n) is 16.6. The van der Waals surface area contributed by atoms with Crippen molar-refractivity contribution in [3.8, 4) is 0 Å². The summed E-state index contributed by atoms with van der Waals surface area (Å²) in [5.74, 6) is 0.619. The van der Waals surface area contributed by atoms with Crippen molar-refractivity contribution in [1.82, 2.24) is 0 Å². The Hall–Kier alpha value is -5.76. The van der Waals surface area contributed by atoms with Gasteiger partial charge in [0.1, 0.15) is 0 Å². The highest BCUT2D eigenvalue weighted by Crippen LogP contribution is 2.52. The van der Waals surface area contributed by atoms with Gasteiger partial charge >= 0.3 is 0 Å². The first-order chi connectivity index (χ1) is 29.4. The largest absolute Gasteiger partial charge is 0.310 e. The van der Waals surface area contributed by atoms with Crippen LogP contribution in [0.3, 0.4) is 0 Å². The van der Waals surface area contributed by atoms with E-state index in [0.29, 0.717) is 11.8 Å². The molecule has 0 unspecified atom stereocenters. The van der Waals surface area contributed by atoms with Gasteiger partial charge in [-0.1, -0.05) is 52.0 Å². The Morgan fingerprint density at radius 2 is 0.633 bits per heavy atom. The maximum absolute atomic E-state index is 2.52. The van der Waals surface area contributed by atoms with Gasteiger partial charge in [0, 0.05) is 52.3 Å². The molecule has 4 aromatic heterocycles. The number of anilines is 6. The summed E-state index contributed by atoms with van der Waals surface area (Å²) in [4.78, 5) is 5.05. The molecule has 0 spiro atoms. The fourth-order valence-corrected chi connectivity index (χ4v) is 12.6. The van der Waals surface area contributed by atoms with E-state index in [9.17, 15) is 0 Å². The SMILES string of the molecule is CC(C)c1cc(N(c2ccc3sccc3c2)c2ccc3sccc3c2)c2ccc3c(C(C)C)cc(N(c4ccc5sccc5c4)c4ccc5sccc5c4)c4ccc1c2c34. The van der Waals surface area contributed by atoms with Crippen LogP contribution in [0.25, 0.3) is 72.7 Å². The monoisotopic (exact) mass is 844 g/mol. The lowest BCUT2D eigenvalue weighted by Crippen LogP contribution is -2.13. The average molecular weight is 845 g/mol. The Morgan fingerprint density at radius 3 is 0.933 bits per heavy atom. The van der Waals surface area contributed by atoms with Crippen molar-refractivity contribution in [1.29, 1.82) is 0 Å². The fourth-order valence-electron chi connectivity index (χ4n) is 9.56. The van der Waals surface area contributed by atoms with E-state index in [1.165, 1.54) is 118 Å². The van der Waals surface area contributed by atoms with Gasteiger partial charge in [0.2, 0.25) is 0 Å². The second-order valence-corrected chi connectivity index (χ2v) is 20.4. The number of benzene rings is 8. The predicted molar refractivity (Wildman–Crippen MR) is 269 cm³/mol. The normalized spacial score (nSPS) is 12.3. The zero-order valence-electron chi connectivity index (χ0n) is 33.7. The highest BCUT2D eigenvalue weighted by atomic mass is 32.1. The summed E-state index contributed by atoms with van der Waals surface area (Å²) in [7, 11) is 0. The molecule has 0 radical (unpaired) electrons. The van der Waals surface area contributed by atoms with E-state index in [-0.39, 0.29) is 0 Å². The van der Waals surface area contributed by atoms with Crippen molar-refractivity contribution in [3.63, 3.8) is 0 Å². The smallest absolute Gasteiger partial charge is 0.0543 e. The lowest BCUT2D eigenvalue weighted by atomic mass is 9.84. The van der Waals surface area contributed by atoms with Crippen molar-refractivity contribution in [2.45, 2.75) is 39.5 Å². The molecule has 0 fully saturated rings. The van der Waals surface area contributed by atoms with Gasteiger partial charge in [-0.25, -0.2) is 0 Å². The van der Waals surface area contributed by atoms with E-state index in [0.717, 1.165) is 0 Å². The lowest BCUT2D eigenvalue weighted by Gasteiger charge is -2.31. The van der Waals surface area contributed by atoms with Crippen LogP contribution in [0.15, 0.2) is 155 Å². The summed E-state index contributed by atoms with van der Waals surface area (Å²) in [5, 5.41) is 21.8. The summed E-state index contributed by atoms with van der Waals surface area (Å²) >= 11 is 7.21. The molecule has 6 heteroatoms. The molecule has 0 atom stereocenters. The first-order valence-corrected chi connectivity index (χ1v) is 24.2. The topological polar surface area (TPSA) is 6.48 Å². The van der Waals surface area contributed by atoms with Crippen molar-refractivity contribution < 1.29 is 0 Å². The van der Waals surface area contributed by atoms with Gasteiger partial charge in [-0.15, -0.1) is 45.3 Å². The number of hydrogen-bond donors (Lipinski definition) is 0. The number of rotatable bonds is 8. The first kappa shape index (κ1) is 36.1. The molecular formula is C54H40N2S4. The molecule has 0 N–H and O–H groups in total. The zero-order chi connectivity index (χ0) is 40.2. The molecule has 0 aliphatic heterocycles. The van der Waals surface area contributed by atoms with Crippen LogP contribution in [0.2, 0.25) is 0 Å². The third-order valence-electron chi connectivity index (χ3n) is 12.4. The number of fused-ring (bicyclic) bond motifs is 4. The Kier molecular flexibility index (Phi) is 8.37. The zero-order valence-corrected chi connectivity index (χ0v) is 37.0. The van der Waals surface area contributed by atoms with Gasteiger partial charge in [-0.05, 0) is 197 Å². The molecule has 12 rings (SSSR count). The predicted octanol–water partition coefficient (Wildman–Crippen LogP) is 18.6. The Bertz CT molecular complexity index is 3210. The average Bonchev–Trinajstić information content (AvgIpc) is 4.10. The molecule has 0 saturated heterocycles. The Labute approximate surface area is 365 Å². The van der Waals surface area contributed by atoms with Crippen LogP contribution in [0.4, 0.5) is 34.1 Å². The van der Waals surface area contributed by atoms with E-state index in [2.05, 4.69) is 192 Å². The maximum atomic E-state index is 2.52. The van der Waals surface area contributed by atoms with Gasteiger partial charge in [0.25, 0.3) is 0 Å². The third kappa shape index (κ3) is 5.62. The number of hydrogen-bond acceptors (Lipinski definition) is 6. The van der Waals surface area contributed by atoms with Gasteiger partial charge in [0.15, 0.2) is 0 Å². The third-order valence-corrected chi connectivity index (χ3v) is 16.0. The maximum Gasteiger partial charge on any atom is 0.0543 e. The quantitative estimate of drug-likeness (QED) is 0.141. The molecule has 0 bridgehead atoms. The van der Waals surface area contributed by atoms with Gasteiger partial charge < -0.3 is 9.80 Å². The second kappa shape index (κ2) is 13.9. The van der Waals surface area contributed by atoms with E-state index in [1.54, 1.807) is 45.3 Å². The van der Waals surface area contributed by atoms with E-state index < -0.39 is 0 Å². The summed E-state index contributed by atoms with van der Waals surface area (Å²) in [5.41, 5.74) is 9.83. The van der Waals surface area contributed by atoms with Crippen LogP contribution in [0.1, 0.15) is 50.7 Å². The van der Waals surface area contributed by atoms with Crippen molar-refractivity contribution in [2.24, 2.45) is 0 Å². The van der Waals surface area contributed by atoms with Crippen molar-refractivity contribution in [3.05, 3.63) is 166 Å². The minimum Gasteiger partial charge on any atom is -0.310 e. The number of nitrogens with zero attached hydrogens (tertiary/aromatic N) is 2. The molecule has 2 nitrogen and oxygen atoms in total. The van der Waals surface area contributed by atoms with Crippen LogP contribution in [0.5, 0.6) is 0 Å². The Morgan fingerprint density at radius 1 is 0.333 bits per heavy atom. The van der Waals surface area contributed by atoms with E-state index >= 15 is 0 Å². The highest BCUT2D eigenvalue weighted by Gasteiger charge is 2.26. The minimum atomic E-state index is 0.309. The molecule has 4 heterocycles. The Balaban J connectivity index is 1.19. The van der Waals surface area contributed by atoms with E-state index in [4.69, 9.17) is 0 Å².